The van der Waals surface area contributed by atoms with Gasteiger partial charge in [-0.15, -0.1) is 10.2 Å². The van der Waals surface area contributed by atoms with Crippen LogP contribution >= 0.6 is 0 Å². The maximum atomic E-state index is 3.93. The van der Waals surface area contributed by atoms with E-state index in [2.05, 4.69) is 28.7 Å². The van der Waals surface area contributed by atoms with Crippen LogP contribution in [-0.2, 0) is 6.42 Å². The quantitative estimate of drug-likeness (QED) is 0.532. The van der Waals surface area contributed by atoms with E-state index >= 15 is 0 Å². The Kier molecular flexibility index (Phi) is 1.35. The lowest BCUT2D eigenvalue weighted by atomic mass is 10.1. The fourth-order valence-corrected chi connectivity index (χ4v) is 1.17. The predicted molar refractivity (Wildman–Crippen MR) is 40.3 cm³/mol. The minimum absolute atomic E-state index is 0.893. The summed E-state index contributed by atoms with van der Waals surface area (Å²) in [5.41, 5.74) is 4.83. The summed E-state index contributed by atoms with van der Waals surface area (Å²) in [5.74, 6) is 0. The fraction of sp³-hybridized carbons (Fsp3) is 0.250. The van der Waals surface area contributed by atoms with Crippen molar-refractivity contribution in [1.82, 2.24) is 5.53 Å². The van der Waals surface area contributed by atoms with Crippen molar-refractivity contribution in [3.05, 3.63) is 34.5 Å². The molecule has 0 aromatic heterocycles. The van der Waals surface area contributed by atoms with E-state index in [0.717, 1.165) is 17.1 Å². The molecule has 1 heterocycles. The molecule has 55 valence electrons. The molecule has 0 atom stereocenters. The first kappa shape index (κ1) is 6.34. The SMILES string of the molecule is CCc1cccc2c1=N[N]N=2. The van der Waals surface area contributed by atoms with Crippen LogP contribution in [0.5, 0.6) is 0 Å². The summed E-state index contributed by atoms with van der Waals surface area (Å²) in [5, 5.41) is 9.63. The molecule has 1 aliphatic heterocycles. The molecule has 0 amide bonds. The lowest BCUT2D eigenvalue weighted by Gasteiger charge is -1.91. The second-order valence-corrected chi connectivity index (χ2v) is 2.43. The van der Waals surface area contributed by atoms with Crippen LogP contribution in [0.3, 0.4) is 0 Å². The van der Waals surface area contributed by atoms with Gasteiger partial charge in [0.15, 0.2) is 0 Å². The normalized spacial score (nSPS) is 12.8. The van der Waals surface area contributed by atoms with E-state index in [4.69, 9.17) is 0 Å². The molecule has 3 heteroatoms. The zero-order valence-electron chi connectivity index (χ0n) is 6.28. The molecule has 11 heavy (non-hydrogen) atoms. The van der Waals surface area contributed by atoms with Crippen molar-refractivity contribution in [2.75, 3.05) is 0 Å². The Labute approximate surface area is 64.4 Å². The van der Waals surface area contributed by atoms with Gasteiger partial charge in [0.05, 0.1) is 0 Å². The number of aryl methyl sites for hydroxylation is 1. The standard InChI is InChI=1S/C8H8N3/c1-2-6-4-3-5-7-8(6)10-11-9-7/h3-5H,2H2,1H3. The van der Waals surface area contributed by atoms with E-state index in [-0.39, 0.29) is 0 Å². The topological polar surface area (TPSA) is 38.8 Å². The Balaban J connectivity index is 2.81. The van der Waals surface area contributed by atoms with Gasteiger partial charge in [-0.25, -0.2) is 0 Å². The molecule has 0 aliphatic carbocycles. The maximum absolute atomic E-state index is 3.93. The lowest BCUT2D eigenvalue weighted by molar-refractivity contribution is 0.778. The van der Waals surface area contributed by atoms with E-state index in [9.17, 15) is 0 Å². The van der Waals surface area contributed by atoms with Crippen LogP contribution in [0.15, 0.2) is 28.4 Å². The minimum Gasteiger partial charge on any atom is -0.128 e. The van der Waals surface area contributed by atoms with Gasteiger partial charge in [0, 0.05) is 0 Å². The number of fused-ring (bicyclic) bond motifs is 1. The number of nitrogens with zero attached hydrogens (tertiary/aromatic N) is 3. The van der Waals surface area contributed by atoms with Crippen LogP contribution in [-0.4, -0.2) is 0 Å². The Morgan fingerprint density at radius 3 is 3.00 bits per heavy atom. The zero-order chi connectivity index (χ0) is 7.68. The molecule has 1 radical (unpaired) electrons. The van der Waals surface area contributed by atoms with Crippen LogP contribution in [0, 0.1) is 0 Å². The van der Waals surface area contributed by atoms with E-state index in [1.54, 1.807) is 0 Å². The molecule has 0 N–H and O–H groups in total. The minimum atomic E-state index is 0.893. The molecule has 0 fully saturated rings. The summed E-state index contributed by atoms with van der Waals surface area (Å²) in [6.07, 6.45) is 0.984. The Bertz CT molecular complexity index is 381. The number of hydrogen-bond acceptors (Lipinski definition) is 2. The fourth-order valence-electron chi connectivity index (χ4n) is 1.17. The van der Waals surface area contributed by atoms with Gasteiger partial charge >= 0.3 is 0 Å². The van der Waals surface area contributed by atoms with E-state index in [0.29, 0.717) is 0 Å². The largest absolute Gasteiger partial charge is 0.128 e. The maximum Gasteiger partial charge on any atom is 0.118 e. The second kappa shape index (κ2) is 2.34. The van der Waals surface area contributed by atoms with Crippen molar-refractivity contribution in [3.63, 3.8) is 0 Å². The monoisotopic (exact) mass is 146 g/mol. The van der Waals surface area contributed by atoms with Crippen molar-refractivity contribution in [3.8, 4) is 0 Å². The molecule has 3 nitrogen and oxygen atoms in total. The number of benzene rings is 1. The van der Waals surface area contributed by atoms with E-state index in [1.165, 1.54) is 5.56 Å². The molecule has 1 aromatic carbocycles. The Hall–Kier alpha value is -1.38. The third-order valence-corrected chi connectivity index (χ3v) is 1.78. The predicted octanol–water partition coefficient (Wildman–Crippen LogP) is -0.0638. The van der Waals surface area contributed by atoms with Crippen LogP contribution < -0.4 is 16.2 Å². The van der Waals surface area contributed by atoms with Crippen molar-refractivity contribution in [1.29, 1.82) is 0 Å². The van der Waals surface area contributed by atoms with Crippen LogP contribution in [0.25, 0.3) is 0 Å². The first-order valence-electron chi connectivity index (χ1n) is 3.65. The summed E-state index contributed by atoms with van der Waals surface area (Å²) in [4.78, 5) is 0. The summed E-state index contributed by atoms with van der Waals surface area (Å²) in [6, 6.07) is 5.96. The summed E-state index contributed by atoms with van der Waals surface area (Å²) in [6.45, 7) is 2.10. The number of rotatable bonds is 1. The average Bonchev–Trinajstić information content (AvgIpc) is 2.50. The third-order valence-electron chi connectivity index (χ3n) is 1.78. The third kappa shape index (κ3) is 0.888. The zero-order valence-corrected chi connectivity index (χ0v) is 6.28. The molecule has 0 saturated heterocycles. The van der Waals surface area contributed by atoms with Gasteiger partial charge in [0.25, 0.3) is 0 Å². The number of hydrogen-bond donors (Lipinski definition) is 0. The lowest BCUT2D eigenvalue weighted by Crippen LogP contribution is -2.25. The Morgan fingerprint density at radius 1 is 1.27 bits per heavy atom. The van der Waals surface area contributed by atoms with Gasteiger partial charge in [0.2, 0.25) is 0 Å². The molecule has 1 aromatic rings. The molecule has 0 saturated carbocycles. The van der Waals surface area contributed by atoms with Gasteiger partial charge in [-0.2, -0.15) is 0 Å². The highest BCUT2D eigenvalue weighted by Crippen LogP contribution is 1.90. The van der Waals surface area contributed by atoms with Crippen molar-refractivity contribution in [2.24, 2.45) is 10.2 Å². The highest BCUT2D eigenvalue weighted by Gasteiger charge is 2.00. The average molecular weight is 146 g/mol. The summed E-state index contributed by atoms with van der Waals surface area (Å²) < 4.78 is 0. The van der Waals surface area contributed by atoms with Gasteiger partial charge in [-0.3, -0.25) is 0 Å². The molecular weight excluding hydrogens is 138 g/mol. The summed E-state index contributed by atoms with van der Waals surface area (Å²) in [7, 11) is 0. The Morgan fingerprint density at radius 2 is 2.18 bits per heavy atom. The molecule has 0 unspecified atom stereocenters. The van der Waals surface area contributed by atoms with E-state index < -0.39 is 0 Å². The highest BCUT2D eigenvalue weighted by molar-refractivity contribution is 5.14. The van der Waals surface area contributed by atoms with Crippen molar-refractivity contribution < 1.29 is 0 Å². The first-order valence-corrected chi connectivity index (χ1v) is 3.65. The summed E-state index contributed by atoms with van der Waals surface area (Å²) >= 11 is 0. The van der Waals surface area contributed by atoms with Gasteiger partial charge < -0.3 is 0 Å². The van der Waals surface area contributed by atoms with Gasteiger partial charge in [-0.1, -0.05) is 19.1 Å². The van der Waals surface area contributed by atoms with Crippen molar-refractivity contribution >= 4 is 0 Å². The van der Waals surface area contributed by atoms with Crippen LogP contribution in [0.1, 0.15) is 12.5 Å². The molecule has 1 aliphatic rings. The molecule has 0 bridgehead atoms. The smallest absolute Gasteiger partial charge is 0.118 e. The van der Waals surface area contributed by atoms with Gasteiger partial charge in [0.1, 0.15) is 10.7 Å². The van der Waals surface area contributed by atoms with Crippen LogP contribution in [0.4, 0.5) is 0 Å². The van der Waals surface area contributed by atoms with Gasteiger partial charge in [-0.05, 0) is 23.6 Å². The molecule has 2 rings (SSSR count). The second-order valence-electron chi connectivity index (χ2n) is 2.43. The molecule has 0 spiro atoms. The van der Waals surface area contributed by atoms with E-state index in [1.807, 2.05) is 12.1 Å². The van der Waals surface area contributed by atoms with Crippen LogP contribution in [0.2, 0.25) is 0 Å². The first-order chi connectivity index (χ1) is 5.42. The highest BCUT2D eigenvalue weighted by atomic mass is 15.5. The van der Waals surface area contributed by atoms with Crippen molar-refractivity contribution in [2.45, 2.75) is 13.3 Å². The molecular formula is C8H8N3.